The number of furan rings is 2. The minimum atomic E-state index is -4.87. The highest BCUT2D eigenvalue weighted by molar-refractivity contribution is 8.19. The molecular formula is C99H95F3N22O16S5. The number of halogens is 3. The first-order valence-corrected chi connectivity index (χ1v) is 50.8. The molecule has 145 heavy (non-hydrogen) atoms. The maximum absolute atomic E-state index is 12.5. The zero-order chi connectivity index (χ0) is 101. The Morgan fingerprint density at radius 1 is 0.393 bits per heavy atom. The summed E-state index contributed by atoms with van der Waals surface area (Å²) < 4.78 is 47.0. The lowest BCUT2D eigenvalue weighted by Gasteiger charge is -2.32. The van der Waals surface area contributed by atoms with Crippen molar-refractivity contribution in [2.24, 2.45) is 17.8 Å². The van der Waals surface area contributed by atoms with Crippen LogP contribution in [-0.2, 0) is 59.2 Å². The number of pyridine rings is 1. The maximum atomic E-state index is 12.5. The fraction of sp³-hybridized carbons (Fsp3) is 0.343. The molecule has 0 radical (unpaired) electrons. The number of aromatic nitrogens is 13. The Morgan fingerprint density at radius 3 is 1.21 bits per heavy atom. The van der Waals surface area contributed by atoms with Crippen LogP contribution >= 0.6 is 58.8 Å². The molecule has 38 nitrogen and oxygen atoms in total. The van der Waals surface area contributed by atoms with Crippen molar-refractivity contribution in [1.82, 2.24) is 85.6 Å². The molecular weight excluding hydrogens is 1970 g/mol. The Balaban J connectivity index is 0.000000130. The molecule has 4 amide bonds. The first kappa shape index (κ1) is 103. The lowest BCUT2D eigenvalue weighted by atomic mass is 9.91. The fourth-order valence-electron chi connectivity index (χ4n) is 16.7. The molecule has 10 fully saturated rings. The van der Waals surface area contributed by atoms with Crippen LogP contribution in [0.4, 0.5) is 42.9 Å². The van der Waals surface area contributed by atoms with Gasteiger partial charge in [-0.2, -0.15) is 13.2 Å². The summed E-state index contributed by atoms with van der Waals surface area (Å²) in [7, 11) is 0. The van der Waals surface area contributed by atoms with E-state index < -0.39 is 12.1 Å². The number of anilines is 5. The summed E-state index contributed by atoms with van der Waals surface area (Å²) in [4.78, 5) is 234. The largest absolute Gasteiger partial charge is 0.471 e. The lowest BCUT2D eigenvalue weighted by molar-refractivity contribution is -0.173. The number of piperidine rings is 3. The van der Waals surface area contributed by atoms with Crippen molar-refractivity contribution in [3.63, 3.8) is 0 Å². The van der Waals surface area contributed by atoms with E-state index in [0.717, 1.165) is 148 Å². The van der Waals surface area contributed by atoms with Gasteiger partial charge in [-0.05, 0) is 238 Å². The predicted molar refractivity (Wildman–Crippen MR) is 538 cm³/mol. The van der Waals surface area contributed by atoms with Gasteiger partial charge in [0.2, 0.25) is 55.3 Å². The average molecular weight is 2070 g/mol. The number of benzene rings is 1. The molecule has 46 heteroatoms. The summed E-state index contributed by atoms with van der Waals surface area (Å²) in [5.74, 6) is 1.09. The van der Waals surface area contributed by atoms with E-state index in [1.165, 1.54) is 36.5 Å². The number of hydrogen-bond donors (Lipinski definition) is 3. The van der Waals surface area contributed by atoms with Crippen molar-refractivity contribution in [3.8, 4) is 0 Å². The highest BCUT2D eigenvalue weighted by Gasteiger charge is 2.40. The highest BCUT2D eigenvalue weighted by atomic mass is 32.2. The van der Waals surface area contributed by atoms with Gasteiger partial charge in [-0.1, -0.05) is 24.3 Å². The molecule has 10 aromatic rings. The van der Waals surface area contributed by atoms with Crippen LogP contribution in [0.15, 0.2) is 186 Å². The number of alkyl halides is 3. The summed E-state index contributed by atoms with van der Waals surface area (Å²) in [6.07, 6.45) is 27.5. The number of carbonyl (C=O) groups excluding carboxylic acids is 14. The zero-order valence-corrected chi connectivity index (χ0v) is 81.9. The Labute approximate surface area is 848 Å². The monoisotopic (exact) mass is 2060 g/mol. The van der Waals surface area contributed by atoms with Crippen LogP contribution in [0, 0.1) is 17.8 Å². The number of aryl methyl sites for hydroxylation is 1. The molecule has 0 saturated carbocycles. The van der Waals surface area contributed by atoms with Gasteiger partial charge in [0.1, 0.15) is 5.69 Å². The summed E-state index contributed by atoms with van der Waals surface area (Å²) in [5, 5.41) is 8.26. The second kappa shape index (κ2) is 49.2. The summed E-state index contributed by atoms with van der Waals surface area (Å²) >= 11 is 4.80. The third-order valence-electron chi connectivity index (χ3n) is 24.4. The van der Waals surface area contributed by atoms with Crippen molar-refractivity contribution in [2.75, 3.05) is 116 Å². The molecule has 9 aromatic heterocycles. The number of ketones is 5. The molecule has 10 aliphatic rings. The number of para-hydroxylation sites is 1. The fourth-order valence-corrected chi connectivity index (χ4v) is 20.8. The van der Waals surface area contributed by atoms with E-state index in [-0.39, 0.29) is 129 Å². The molecule has 10 aliphatic heterocycles. The van der Waals surface area contributed by atoms with E-state index in [4.69, 9.17) is 13.8 Å². The number of rotatable bonds is 21. The minimum Gasteiger partial charge on any atom is -0.459 e. The molecule has 1 atom stereocenters. The van der Waals surface area contributed by atoms with Crippen LogP contribution in [0.1, 0.15) is 156 Å². The lowest BCUT2D eigenvalue weighted by Crippen LogP contribution is -2.43. The third-order valence-corrected chi connectivity index (χ3v) is 29.1. The van der Waals surface area contributed by atoms with Crippen LogP contribution in [0.5, 0.6) is 0 Å². The predicted octanol–water partition coefficient (Wildman–Crippen LogP) is 11.5. The van der Waals surface area contributed by atoms with E-state index in [1.54, 1.807) is 121 Å². The van der Waals surface area contributed by atoms with Crippen LogP contribution < -0.4 is 40.4 Å². The van der Waals surface area contributed by atoms with Crippen LogP contribution in [0.25, 0.3) is 41.3 Å². The minimum absolute atomic E-state index is 0.0172. The molecule has 0 spiro atoms. The normalized spacial score (nSPS) is 19.6. The molecule has 1 aromatic carbocycles. The second-order valence-electron chi connectivity index (χ2n) is 34.6. The summed E-state index contributed by atoms with van der Waals surface area (Å²) in [6, 6.07) is 27.7. The topological polar surface area (TPSA) is 488 Å². The van der Waals surface area contributed by atoms with Crippen molar-refractivity contribution in [2.45, 2.75) is 109 Å². The van der Waals surface area contributed by atoms with Crippen molar-refractivity contribution in [1.29, 1.82) is 0 Å². The second-order valence-corrected chi connectivity index (χ2v) is 40.1. The Hall–Kier alpha value is -14.5. The van der Waals surface area contributed by atoms with Gasteiger partial charge >= 0.3 is 12.1 Å². The Morgan fingerprint density at radius 2 is 0.800 bits per heavy atom. The highest BCUT2D eigenvalue weighted by Crippen LogP contribution is 2.37. The number of nitrogens with one attached hydrogen (secondary N) is 3. The Bertz CT molecular complexity index is 6720. The number of thioether (sulfide) groups is 5. The Kier molecular flexibility index (Phi) is 35.1. The van der Waals surface area contributed by atoms with E-state index in [1.807, 2.05) is 32.1 Å². The first-order chi connectivity index (χ1) is 70.1. The summed E-state index contributed by atoms with van der Waals surface area (Å²) in [5.41, 5.74) is 5.50. The van der Waals surface area contributed by atoms with Gasteiger partial charge in [0.05, 0.1) is 109 Å². The van der Waals surface area contributed by atoms with Gasteiger partial charge < -0.3 is 54.2 Å². The van der Waals surface area contributed by atoms with Gasteiger partial charge in [-0.25, -0.2) is 54.8 Å². The van der Waals surface area contributed by atoms with Crippen LogP contribution in [0.2, 0.25) is 0 Å². The van der Waals surface area contributed by atoms with Gasteiger partial charge in [0, 0.05) is 152 Å². The molecule has 20 rings (SSSR count). The van der Waals surface area contributed by atoms with Crippen molar-refractivity contribution in [3.05, 3.63) is 229 Å². The van der Waals surface area contributed by atoms with E-state index in [2.05, 4.69) is 105 Å². The van der Waals surface area contributed by atoms with E-state index in [9.17, 15) is 80.3 Å². The zero-order valence-electron chi connectivity index (χ0n) is 77.8. The average Bonchev–Trinajstić information content (AvgIpc) is 1.79. The number of carbonyl (C=O) groups is 14. The summed E-state index contributed by atoms with van der Waals surface area (Å²) in [6.45, 7) is 8.80. The van der Waals surface area contributed by atoms with Crippen LogP contribution in [0.3, 0.4) is 0 Å². The number of allylic oxidation sites excluding steroid dienone is 5. The number of Topliss-reactive ketones (excluding diaryl/α,β-unsaturated/α-hetero) is 5. The van der Waals surface area contributed by atoms with Crippen molar-refractivity contribution >= 4 is 208 Å². The van der Waals surface area contributed by atoms with Gasteiger partial charge in [0.15, 0.2) is 40.4 Å². The number of nitrogens with zero attached hydrogens (tertiary/aromatic N) is 19. The van der Waals surface area contributed by atoms with Gasteiger partial charge in [0.25, 0.3) is 17.7 Å². The molecule has 0 bridgehead atoms. The van der Waals surface area contributed by atoms with E-state index in [0.29, 0.717) is 178 Å². The maximum Gasteiger partial charge on any atom is 0.471 e. The first-order valence-electron chi connectivity index (χ1n) is 46.7. The van der Waals surface area contributed by atoms with E-state index >= 15 is 0 Å². The van der Waals surface area contributed by atoms with Crippen LogP contribution in [-0.4, -0.2) is 252 Å². The number of hydrogen-bond acceptors (Lipinski definition) is 39. The van der Waals surface area contributed by atoms with Gasteiger partial charge in [-0.15, -0.1) is 0 Å². The van der Waals surface area contributed by atoms with Crippen molar-refractivity contribution < 1.29 is 89.1 Å². The number of fused-ring (bicyclic) bond motifs is 1. The number of amides is 4. The SMILES string of the molecule is O=C1CC(=O)/C(=C/c2ccnc(N3CCC(CCc4ccc5ccccc5n4)CC3)n2)S1.O=C1CC(=O)/C(=C/c2ccnc(N3CCC(CNC(=O)C(F)(F)F)CC3)n2)S1.O=C1CC(=O)/C(=C/c2ccnc(N3CCC(CNC(=O)c4cnccn4)CC3)n2)S1.O=C1CC(=O)/C(=C/c2ccnc(N3CCC(NC(=O)c4ccco4)C3)n2)S1.O=C1CC(=O)/C(=C/c2ccnc(N3CCCN(C(=O)c4ccco4)CC3)n2)S1. The smallest absolute Gasteiger partial charge is 0.459 e. The third kappa shape index (κ3) is 29.2. The molecule has 748 valence electrons. The van der Waals surface area contributed by atoms with Gasteiger partial charge in [-0.3, -0.25) is 77.1 Å². The molecule has 1 unspecified atom stereocenters. The quantitative estimate of drug-likeness (QED) is 0.0444. The molecule has 10 saturated heterocycles. The molecule has 0 aliphatic carbocycles. The molecule has 19 heterocycles. The standard InChI is InChI=1S/C25H24N4O2S.C20H20N6O3S.C19H18N4O4S.C18H16N4O4S.C17H17F3N4O3S/c30-22-16-24(31)32-23(22)15-20-9-12-26-25(28-20)29-13-10-17(11-14-29)5-7-19-8-6-18-3-1-2-4-21(18)27-19;27-16-10-18(28)30-17(16)9-14-1-4-23-20(25-14)26-7-2-13(3-8-26)11-24-19(29)15-12-21-5-6-22-15;24-14-12-17(25)28-16(14)11-13-4-5-20-19(21-13)23-7-2-6-22(8-9-23)18(26)15-3-1-10-27-15;23-13-9-16(24)27-15(13)8-11-3-5-19-18(21-11)22-6-4-12(10-22)20-17(25)14-2-1-7-26-14;18-17(19,20)15(27)22-9-10-2-5-24(6-3-10)16-21-4-1-11(23-16)7-13-12(25)8-14(26)28-13/h1-4,6,8-9,12,15,17H,5,7,10-11,13-14,16H2;1,4-6,9,12-13H,2-3,7-8,10-11H2,(H,24,29);1,3-5,10-11H,2,6-9,12H2;1-3,5,7-8,12H,4,6,9-10H2,(H,20,25);1,4,7,10H,2-3,5-6,8-9H2,(H,22,27)/b23-15-;17-9-;16-11-;15-8-;13-7-. The molecule has 3 N–H and O–H groups in total.